The SMILES string of the molecule is CCOc1cc2c(cc1OCC)CN(C(=O)Cc1coc(-c3ccccc3)n1)CC2. The van der Waals surface area contributed by atoms with Crippen LogP contribution < -0.4 is 9.47 Å². The van der Waals surface area contributed by atoms with E-state index in [0.717, 1.165) is 29.0 Å². The Kier molecular flexibility index (Phi) is 6.02. The van der Waals surface area contributed by atoms with Gasteiger partial charge in [0.15, 0.2) is 11.5 Å². The molecule has 0 unspecified atom stereocenters. The van der Waals surface area contributed by atoms with E-state index in [-0.39, 0.29) is 12.3 Å². The second-order valence-corrected chi connectivity index (χ2v) is 7.19. The van der Waals surface area contributed by atoms with Crippen LogP contribution in [0.4, 0.5) is 0 Å². The van der Waals surface area contributed by atoms with Gasteiger partial charge >= 0.3 is 0 Å². The number of nitrogens with zero attached hydrogens (tertiary/aromatic N) is 2. The molecule has 6 nitrogen and oxygen atoms in total. The summed E-state index contributed by atoms with van der Waals surface area (Å²) in [5.41, 5.74) is 3.85. The summed E-state index contributed by atoms with van der Waals surface area (Å²) in [4.78, 5) is 19.2. The van der Waals surface area contributed by atoms with Crippen molar-refractivity contribution < 1.29 is 18.7 Å². The maximum atomic E-state index is 12.9. The van der Waals surface area contributed by atoms with Crippen LogP contribution in [-0.2, 0) is 24.2 Å². The van der Waals surface area contributed by atoms with E-state index >= 15 is 0 Å². The van der Waals surface area contributed by atoms with Gasteiger partial charge in [-0.2, -0.15) is 0 Å². The van der Waals surface area contributed by atoms with Gasteiger partial charge in [0.1, 0.15) is 6.26 Å². The fourth-order valence-corrected chi connectivity index (χ4v) is 3.68. The molecule has 2 heterocycles. The number of rotatable bonds is 7. The highest BCUT2D eigenvalue weighted by molar-refractivity contribution is 5.79. The standard InChI is InChI=1S/C24H26N2O4/c1-3-28-21-12-18-10-11-26(15-19(18)13-22(21)29-4-2)23(27)14-20-16-30-24(25-20)17-8-6-5-7-9-17/h5-9,12-13,16H,3-4,10-11,14-15H2,1-2H3. The molecule has 30 heavy (non-hydrogen) atoms. The van der Waals surface area contributed by atoms with E-state index in [1.165, 1.54) is 5.56 Å². The lowest BCUT2D eigenvalue weighted by molar-refractivity contribution is -0.131. The summed E-state index contributed by atoms with van der Waals surface area (Å²) in [6, 6.07) is 13.7. The van der Waals surface area contributed by atoms with Gasteiger partial charge in [0.25, 0.3) is 0 Å². The van der Waals surface area contributed by atoms with Crippen molar-refractivity contribution in [2.24, 2.45) is 0 Å². The fourth-order valence-electron chi connectivity index (χ4n) is 3.68. The average molecular weight is 406 g/mol. The largest absolute Gasteiger partial charge is 0.490 e. The molecule has 6 heteroatoms. The molecule has 2 aromatic carbocycles. The maximum Gasteiger partial charge on any atom is 0.229 e. The zero-order chi connectivity index (χ0) is 20.9. The molecule has 1 aromatic heterocycles. The van der Waals surface area contributed by atoms with Crippen LogP contribution >= 0.6 is 0 Å². The summed E-state index contributed by atoms with van der Waals surface area (Å²) in [7, 11) is 0. The molecule has 0 aliphatic carbocycles. The Labute approximate surface area is 176 Å². The van der Waals surface area contributed by atoms with Crippen molar-refractivity contribution in [2.75, 3.05) is 19.8 Å². The highest BCUT2D eigenvalue weighted by Gasteiger charge is 2.24. The molecule has 0 fully saturated rings. The van der Waals surface area contributed by atoms with E-state index in [2.05, 4.69) is 11.1 Å². The first-order chi connectivity index (χ1) is 14.7. The van der Waals surface area contributed by atoms with E-state index in [0.29, 0.717) is 37.9 Å². The summed E-state index contributed by atoms with van der Waals surface area (Å²) in [6.07, 6.45) is 2.59. The minimum absolute atomic E-state index is 0.0420. The van der Waals surface area contributed by atoms with Crippen molar-refractivity contribution in [1.29, 1.82) is 0 Å². The number of aromatic nitrogens is 1. The number of oxazole rings is 1. The molecule has 0 radical (unpaired) electrons. The molecular weight excluding hydrogens is 380 g/mol. The number of hydrogen-bond donors (Lipinski definition) is 0. The van der Waals surface area contributed by atoms with Crippen molar-refractivity contribution in [2.45, 2.75) is 33.2 Å². The summed E-state index contributed by atoms with van der Waals surface area (Å²) in [5, 5.41) is 0. The van der Waals surface area contributed by atoms with Crippen LogP contribution in [-0.4, -0.2) is 35.5 Å². The van der Waals surface area contributed by atoms with Gasteiger partial charge in [-0.15, -0.1) is 0 Å². The molecular formula is C24H26N2O4. The molecule has 1 aliphatic heterocycles. The van der Waals surface area contributed by atoms with Crippen molar-refractivity contribution in [1.82, 2.24) is 9.88 Å². The first kappa shape index (κ1) is 20.0. The zero-order valence-electron chi connectivity index (χ0n) is 17.4. The Hall–Kier alpha value is -3.28. The van der Waals surface area contributed by atoms with Gasteiger partial charge in [0.2, 0.25) is 11.8 Å². The number of fused-ring (bicyclic) bond motifs is 1. The first-order valence-electron chi connectivity index (χ1n) is 10.4. The maximum absolute atomic E-state index is 12.9. The second-order valence-electron chi connectivity index (χ2n) is 7.19. The monoisotopic (exact) mass is 406 g/mol. The molecule has 4 rings (SSSR count). The molecule has 1 aliphatic rings. The van der Waals surface area contributed by atoms with Crippen molar-refractivity contribution in [3.63, 3.8) is 0 Å². The van der Waals surface area contributed by atoms with E-state index < -0.39 is 0 Å². The third kappa shape index (κ3) is 4.32. The molecule has 3 aromatic rings. The van der Waals surface area contributed by atoms with Crippen LogP contribution in [0.2, 0.25) is 0 Å². The van der Waals surface area contributed by atoms with Gasteiger partial charge in [-0.25, -0.2) is 4.98 Å². The van der Waals surface area contributed by atoms with Gasteiger partial charge < -0.3 is 18.8 Å². The molecule has 0 N–H and O–H groups in total. The van der Waals surface area contributed by atoms with Crippen molar-refractivity contribution >= 4 is 5.91 Å². The van der Waals surface area contributed by atoms with Gasteiger partial charge in [-0.1, -0.05) is 18.2 Å². The first-order valence-corrected chi connectivity index (χ1v) is 10.4. The number of amides is 1. The highest BCUT2D eigenvalue weighted by Crippen LogP contribution is 2.34. The molecule has 0 saturated carbocycles. The van der Waals surface area contributed by atoms with Crippen LogP contribution in [0.1, 0.15) is 30.7 Å². The number of carbonyl (C=O) groups is 1. The molecule has 0 atom stereocenters. The lowest BCUT2D eigenvalue weighted by atomic mass is 9.98. The Balaban J connectivity index is 1.46. The number of carbonyl (C=O) groups excluding carboxylic acids is 1. The fraction of sp³-hybridized carbons (Fsp3) is 0.333. The topological polar surface area (TPSA) is 64.8 Å². The van der Waals surface area contributed by atoms with E-state index in [1.807, 2.05) is 55.1 Å². The lowest BCUT2D eigenvalue weighted by Crippen LogP contribution is -2.37. The molecule has 0 bridgehead atoms. The molecule has 0 saturated heterocycles. The van der Waals surface area contributed by atoms with Crippen LogP contribution in [0.25, 0.3) is 11.5 Å². The Morgan fingerprint density at radius 1 is 1.07 bits per heavy atom. The van der Waals surface area contributed by atoms with Crippen LogP contribution in [0, 0.1) is 0 Å². The predicted molar refractivity (Wildman–Crippen MR) is 114 cm³/mol. The highest BCUT2D eigenvalue weighted by atomic mass is 16.5. The van der Waals surface area contributed by atoms with Gasteiger partial charge in [0.05, 0.1) is 25.3 Å². The number of ether oxygens (including phenoxy) is 2. The second kappa shape index (κ2) is 9.03. The Bertz CT molecular complexity index is 1010. The van der Waals surface area contributed by atoms with Crippen LogP contribution in [0.3, 0.4) is 0 Å². The van der Waals surface area contributed by atoms with Crippen molar-refractivity contribution in [3.05, 3.63) is 65.5 Å². The van der Waals surface area contributed by atoms with Crippen molar-refractivity contribution in [3.8, 4) is 23.0 Å². The summed E-state index contributed by atoms with van der Waals surface area (Å²) >= 11 is 0. The third-order valence-corrected chi connectivity index (χ3v) is 5.14. The van der Waals surface area contributed by atoms with Crippen LogP contribution in [0.15, 0.2) is 53.1 Å². The molecule has 156 valence electrons. The van der Waals surface area contributed by atoms with Crippen LogP contribution in [0.5, 0.6) is 11.5 Å². The smallest absolute Gasteiger partial charge is 0.229 e. The predicted octanol–water partition coefficient (Wildman–Crippen LogP) is 4.27. The lowest BCUT2D eigenvalue weighted by Gasteiger charge is -2.29. The van der Waals surface area contributed by atoms with Gasteiger partial charge in [0, 0.05) is 18.7 Å². The Morgan fingerprint density at radius 2 is 1.77 bits per heavy atom. The zero-order valence-corrected chi connectivity index (χ0v) is 17.4. The van der Waals surface area contributed by atoms with E-state index in [9.17, 15) is 4.79 Å². The minimum atomic E-state index is 0.0420. The summed E-state index contributed by atoms with van der Waals surface area (Å²) in [6.45, 7) is 6.30. The molecule has 0 spiro atoms. The molecule has 1 amide bonds. The normalized spacial score (nSPS) is 13.1. The van der Waals surface area contributed by atoms with E-state index in [4.69, 9.17) is 13.9 Å². The van der Waals surface area contributed by atoms with E-state index in [1.54, 1.807) is 6.26 Å². The van der Waals surface area contributed by atoms with Gasteiger partial charge in [-0.3, -0.25) is 4.79 Å². The summed E-state index contributed by atoms with van der Waals surface area (Å²) in [5.74, 6) is 2.08. The number of benzene rings is 2. The minimum Gasteiger partial charge on any atom is -0.490 e. The Morgan fingerprint density at radius 3 is 2.47 bits per heavy atom. The van der Waals surface area contributed by atoms with Gasteiger partial charge in [-0.05, 0) is 55.7 Å². The average Bonchev–Trinajstić information content (AvgIpc) is 3.23. The number of hydrogen-bond acceptors (Lipinski definition) is 5. The third-order valence-electron chi connectivity index (χ3n) is 5.14. The summed E-state index contributed by atoms with van der Waals surface area (Å²) < 4.78 is 17.0. The quantitative estimate of drug-likeness (QED) is 0.586.